The van der Waals surface area contributed by atoms with Crippen LogP contribution in [0.3, 0.4) is 0 Å². The summed E-state index contributed by atoms with van der Waals surface area (Å²) in [6.45, 7) is 5.80. The molecular formula is C10H19NO2. The summed E-state index contributed by atoms with van der Waals surface area (Å²) in [5.41, 5.74) is 0. The van der Waals surface area contributed by atoms with Gasteiger partial charge in [-0.15, -0.1) is 0 Å². The number of nitrogens with zero attached hydrogens (tertiary/aromatic N) is 1. The molecule has 1 fully saturated rings. The Kier molecular flexibility index (Phi) is 3.88. The van der Waals surface area contributed by atoms with Crippen LogP contribution in [0.15, 0.2) is 0 Å². The lowest BCUT2D eigenvalue weighted by atomic mass is 10.1. The van der Waals surface area contributed by atoms with Crippen molar-refractivity contribution in [1.82, 2.24) is 4.90 Å². The van der Waals surface area contributed by atoms with Gasteiger partial charge in [0.25, 0.3) is 0 Å². The summed E-state index contributed by atoms with van der Waals surface area (Å²) >= 11 is 0. The number of ketones is 1. The van der Waals surface area contributed by atoms with Crippen molar-refractivity contribution in [1.29, 1.82) is 0 Å². The third kappa shape index (κ3) is 3.08. The van der Waals surface area contributed by atoms with E-state index in [1.165, 1.54) is 0 Å². The van der Waals surface area contributed by atoms with E-state index in [0.717, 1.165) is 19.5 Å². The van der Waals surface area contributed by atoms with Gasteiger partial charge in [0.15, 0.2) is 0 Å². The molecule has 0 bridgehead atoms. The first-order valence-corrected chi connectivity index (χ1v) is 4.89. The third-order valence-corrected chi connectivity index (χ3v) is 2.72. The topological polar surface area (TPSA) is 29.5 Å². The predicted octanol–water partition coefficient (Wildman–Crippen LogP) is 1.07. The first-order chi connectivity index (χ1) is 6.13. The van der Waals surface area contributed by atoms with Gasteiger partial charge >= 0.3 is 0 Å². The monoisotopic (exact) mass is 185 g/mol. The lowest BCUT2D eigenvalue weighted by molar-refractivity contribution is -0.118. The maximum atomic E-state index is 10.9. The number of carbonyl (C=O) groups is 1. The van der Waals surface area contributed by atoms with Crippen LogP contribution in [0.2, 0.25) is 0 Å². The van der Waals surface area contributed by atoms with Gasteiger partial charge in [0, 0.05) is 32.7 Å². The molecule has 1 rings (SSSR count). The fourth-order valence-electron chi connectivity index (χ4n) is 1.89. The lowest BCUT2D eigenvalue weighted by Gasteiger charge is -2.22. The quantitative estimate of drug-likeness (QED) is 0.656. The van der Waals surface area contributed by atoms with E-state index in [1.54, 1.807) is 14.0 Å². The fourth-order valence-corrected chi connectivity index (χ4v) is 1.89. The van der Waals surface area contributed by atoms with Crippen LogP contribution in [0.1, 0.15) is 26.7 Å². The predicted molar refractivity (Wildman–Crippen MR) is 51.7 cm³/mol. The second-order valence-electron chi connectivity index (χ2n) is 3.90. The molecule has 76 valence electrons. The molecule has 2 unspecified atom stereocenters. The summed E-state index contributed by atoms with van der Waals surface area (Å²) in [5, 5.41) is 0. The average molecular weight is 185 g/mol. The minimum absolute atomic E-state index is 0.272. The van der Waals surface area contributed by atoms with E-state index in [0.29, 0.717) is 18.6 Å². The number of Topliss-reactive ketones (excluding diaryl/α,β-unsaturated/α-hetero) is 1. The SMILES string of the molecule is COC1CCN(C(C)CC(C)=O)C1. The van der Waals surface area contributed by atoms with E-state index >= 15 is 0 Å². The van der Waals surface area contributed by atoms with Crippen molar-refractivity contribution >= 4 is 5.78 Å². The van der Waals surface area contributed by atoms with Gasteiger partial charge in [-0.1, -0.05) is 0 Å². The molecule has 0 amide bonds. The lowest BCUT2D eigenvalue weighted by Crippen LogP contribution is -2.33. The van der Waals surface area contributed by atoms with E-state index in [2.05, 4.69) is 11.8 Å². The van der Waals surface area contributed by atoms with Gasteiger partial charge < -0.3 is 4.74 Å². The van der Waals surface area contributed by atoms with Crippen LogP contribution in [-0.4, -0.2) is 43.0 Å². The molecule has 13 heavy (non-hydrogen) atoms. The molecular weight excluding hydrogens is 166 g/mol. The molecule has 0 aliphatic carbocycles. The molecule has 1 aliphatic rings. The molecule has 1 saturated heterocycles. The summed E-state index contributed by atoms with van der Waals surface area (Å²) in [7, 11) is 1.75. The van der Waals surface area contributed by atoms with Crippen molar-refractivity contribution in [2.75, 3.05) is 20.2 Å². The van der Waals surface area contributed by atoms with E-state index in [9.17, 15) is 4.79 Å². The van der Waals surface area contributed by atoms with Crippen molar-refractivity contribution in [3.63, 3.8) is 0 Å². The van der Waals surface area contributed by atoms with Gasteiger partial charge in [0.2, 0.25) is 0 Å². The van der Waals surface area contributed by atoms with E-state index < -0.39 is 0 Å². The normalized spacial score (nSPS) is 26.2. The Morgan fingerprint density at radius 1 is 1.69 bits per heavy atom. The van der Waals surface area contributed by atoms with Gasteiger partial charge in [-0.25, -0.2) is 0 Å². The largest absolute Gasteiger partial charge is 0.380 e. The second-order valence-corrected chi connectivity index (χ2v) is 3.90. The van der Waals surface area contributed by atoms with Crippen molar-refractivity contribution in [2.24, 2.45) is 0 Å². The van der Waals surface area contributed by atoms with E-state index in [-0.39, 0.29) is 5.78 Å². The van der Waals surface area contributed by atoms with Gasteiger partial charge in [-0.2, -0.15) is 0 Å². The summed E-state index contributed by atoms with van der Waals surface area (Å²) in [4.78, 5) is 13.2. The van der Waals surface area contributed by atoms with Crippen molar-refractivity contribution in [2.45, 2.75) is 38.8 Å². The number of hydrogen-bond acceptors (Lipinski definition) is 3. The van der Waals surface area contributed by atoms with Crippen LogP contribution in [0, 0.1) is 0 Å². The Labute approximate surface area is 80.1 Å². The molecule has 3 nitrogen and oxygen atoms in total. The first kappa shape index (κ1) is 10.7. The summed E-state index contributed by atoms with van der Waals surface area (Å²) < 4.78 is 5.27. The van der Waals surface area contributed by atoms with E-state index in [4.69, 9.17) is 4.74 Å². The Morgan fingerprint density at radius 2 is 2.38 bits per heavy atom. The van der Waals surface area contributed by atoms with Crippen LogP contribution in [0.25, 0.3) is 0 Å². The summed E-state index contributed by atoms with van der Waals surface area (Å²) in [6.07, 6.45) is 2.13. The number of hydrogen-bond donors (Lipinski definition) is 0. The Balaban J connectivity index is 2.32. The Bertz CT molecular complexity index is 182. The average Bonchev–Trinajstić information content (AvgIpc) is 2.50. The van der Waals surface area contributed by atoms with Crippen LogP contribution in [0.4, 0.5) is 0 Å². The van der Waals surface area contributed by atoms with Gasteiger partial charge in [0.1, 0.15) is 5.78 Å². The highest BCUT2D eigenvalue weighted by atomic mass is 16.5. The zero-order valence-corrected chi connectivity index (χ0v) is 8.75. The van der Waals surface area contributed by atoms with Crippen LogP contribution >= 0.6 is 0 Å². The smallest absolute Gasteiger partial charge is 0.131 e. The van der Waals surface area contributed by atoms with Crippen molar-refractivity contribution < 1.29 is 9.53 Å². The Hall–Kier alpha value is -0.410. The fraction of sp³-hybridized carbons (Fsp3) is 0.900. The number of rotatable bonds is 4. The van der Waals surface area contributed by atoms with E-state index in [1.807, 2.05) is 0 Å². The van der Waals surface area contributed by atoms with Crippen LogP contribution < -0.4 is 0 Å². The molecule has 0 aromatic rings. The summed E-state index contributed by atoms with van der Waals surface area (Å²) in [5.74, 6) is 0.272. The Morgan fingerprint density at radius 3 is 2.85 bits per heavy atom. The minimum Gasteiger partial charge on any atom is -0.380 e. The molecule has 1 heterocycles. The molecule has 0 spiro atoms. The van der Waals surface area contributed by atoms with Crippen LogP contribution in [-0.2, 0) is 9.53 Å². The molecule has 0 radical (unpaired) electrons. The van der Waals surface area contributed by atoms with Gasteiger partial charge in [-0.3, -0.25) is 9.69 Å². The first-order valence-electron chi connectivity index (χ1n) is 4.89. The van der Waals surface area contributed by atoms with Crippen molar-refractivity contribution in [3.8, 4) is 0 Å². The molecule has 0 N–H and O–H groups in total. The number of likely N-dealkylation sites (tertiary alicyclic amines) is 1. The van der Waals surface area contributed by atoms with Crippen molar-refractivity contribution in [3.05, 3.63) is 0 Å². The molecule has 0 saturated carbocycles. The number of carbonyl (C=O) groups excluding carboxylic acids is 1. The number of ether oxygens (including phenoxy) is 1. The van der Waals surface area contributed by atoms with Crippen LogP contribution in [0.5, 0.6) is 0 Å². The zero-order valence-electron chi connectivity index (χ0n) is 8.75. The highest BCUT2D eigenvalue weighted by Crippen LogP contribution is 2.16. The molecule has 3 heteroatoms. The summed E-state index contributed by atoms with van der Waals surface area (Å²) in [6, 6.07) is 0.373. The third-order valence-electron chi connectivity index (χ3n) is 2.72. The molecule has 0 aromatic heterocycles. The highest BCUT2D eigenvalue weighted by molar-refractivity contribution is 5.76. The molecule has 0 aromatic carbocycles. The maximum absolute atomic E-state index is 10.9. The minimum atomic E-state index is 0.272. The zero-order chi connectivity index (χ0) is 9.84. The standard InChI is InChI=1S/C10H19NO2/c1-8(6-9(2)12)11-5-4-10(7-11)13-3/h8,10H,4-7H2,1-3H3. The molecule has 1 aliphatic heterocycles. The number of methoxy groups -OCH3 is 1. The maximum Gasteiger partial charge on any atom is 0.131 e. The van der Waals surface area contributed by atoms with Gasteiger partial charge in [0.05, 0.1) is 6.10 Å². The van der Waals surface area contributed by atoms with Gasteiger partial charge in [-0.05, 0) is 20.3 Å². The highest BCUT2D eigenvalue weighted by Gasteiger charge is 2.25. The second kappa shape index (κ2) is 4.72. The molecule has 2 atom stereocenters.